The topological polar surface area (TPSA) is 67.5 Å². The zero-order valence-corrected chi connectivity index (χ0v) is 14.8. The Balaban J connectivity index is 1.45. The van der Waals surface area contributed by atoms with Crippen molar-refractivity contribution in [1.82, 2.24) is 9.47 Å². The van der Waals surface area contributed by atoms with Gasteiger partial charge in [-0.15, -0.1) is 0 Å². The number of furan rings is 1. The van der Waals surface area contributed by atoms with Gasteiger partial charge in [-0.3, -0.25) is 9.59 Å². The summed E-state index contributed by atoms with van der Waals surface area (Å²) in [5.41, 5.74) is 1.74. The molecule has 1 aliphatic rings. The highest BCUT2D eigenvalue weighted by Gasteiger charge is 2.45. The Bertz CT molecular complexity index is 956. The van der Waals surface area contributed by atoms with Crippen molar-refractivity contribution in [2.24, 2.45) is 5.92 Å². The summed E-state index contributed by atoms with van der Waals surface area (Å²) in [6, 6.07) is 11.5. The van der Waals surface area contributed by atoms with Gasteiger partial charge in [0.1, 0.15) is 12.3 Å². The number of aromatic nitrogens is 1. The lowest BCUT2D eigenvalue weighted by molar-refractivity contribution is -0.129. The van der Waals surface area contributed by atoms with Crippen LogP contribution >= 0.6 is 0 Å². The van der Waals surface area contributed by atoms with Crippen LogP contribution < -0.4 is 5.32 Å². The molecule has 1 saturated carbocycles. The fourth-order valence-corrected chi connectivity index (χ4v) is 3.24. The smallest absolute Gasteiger partial charge is 0.241 e. The second-order valence-electron chi connectivity index (χ2n) is 6.96. The first-order chi connectivity index (χ1) is 12.5. The maximum Gasteiger partial charge on any atom is 0.241 e. The van der Waals surface area contributed by atoms with Crippen molar-refractivity contribution >= 4 is 28.4 Å². The second-order valence-corrected chi connectivity index (χ2v) is 6.96. The molecule has 1 aliphatic carbocycles. The molecule has 1 N–H and O–H groups in total. The third kappa shape index (κ3) is 3.10. The van der Waals surface area contributed by atoms with Crippen molar-refractivity contribution < 1.29 is 14.0 Å². The Morgan fingerprint density at radius 1 is 1.27 bits per heavy atom. The minimum atomic E-state index is -0.0286. The maximum atomic E-state index is 12.4. The summed E-state index contributed by atoms with van der Waals surface area (Å²) in [5.74, 6) is 1.10. The Labute approximate surface area is 151 Å². The van der Waals surface area contributed by atoms with Crippen LogP contribution in [0.2, 0.25) is 0 Å². The van der Waals surface area contributed by atoms with Gasteiger partial charge in [0.15, 0.2) is 0 Å². The normalized spacial score (nSPS) is 18.7. The number of nitrogens with one attached hydrogen (secondary N) is 1. The van der Waals surface area contributed by atoms with Gasteiger partial charge in [0.2, 0.25) is 11.8 Å². The fourth-order valence-electron chi connectivity index (χ4n) is 3.24. The summed E-state index contributed by atoms with van der Waals surface area (Å²) >= 11 is 0. The second kappa shape index (κ2) is 6.37. The Kier molecular flexibility index (Phi) is 4.03. The number of hydrogen-bond acceptors (Lipinski definition) is 3. The van der Waals surface area contributed by atoms with E-state index in [0.717, 1.165) is 28.8 Å². The molecule has 26 heavy (non-hydrogen) atoms. The van der Waals surface area contributed by atoms with Crippen molar-refractivity contribution in [1.29, 1.82) is 0 Å². The molecule has 2 aromatic heterocycles. The van der Waals surface area contributed by atoms with E-state index in [4.69, 9.17) is 4.42 Å². The number of carbonyl (C=O) groups is 2. The molecule has 3 aromatic rings. The van der Waals surface area contributed by atoms with Crippen LogP contribution in [0.4, 0.5) is 5.69 Å². The number of anilines is 1. The van der Waals surface area contributed by atoms with Crippen LogP contribution in [-0.4, -0.2) is 35.4 Å². The predicted octanol–water partition coefficient (Wildman–Crippen LogP) is 3.06. The van der Waals surface area contributed by atoms with Gasteiger partial charge < -0.3 is 19.2 Å². The molecule has 0 aliphatic heterocycles. The van der Waals surface area contributed by atoms with E-state index in [1.165, 1.54) is 0 Å². The maximum absolute atomic E-state index is 12.4. The summed E-state index contributed by atoms with van der Waals surface area (Å²) in [6.45, 7) is 0.301. The predicted molar refractivity (Wildman–Crippen MR) is 98.8 cm³/mol. The average molecular weight is 351 g/mol. The molecule has 0 bridgehead atoms. The number of amides is 2. The van der Waals surface area contributed by atoms with Crippen LogP contribution in [0.1, 0.15) is 18.1 Å². The zero-order valence-electron chi connectivity index (χ0n) is 14.8. The SMILES string of the molecule is CN(C)C(=O)Cn1ccc2cc(NC(=O)[C@@H]3C[C@H]3c3ccco3)ccc21. The van der Waals surface area contributed by atoms with Crippen molar-refractivity contribution in [3.05, 3.63) is 54.6 Å². The number of benzene rings is 1. The van der Waals surface area contributed by atoms with E-state index in [-0.39, 0.29) is 23.7 Å². The van der Waals surface area contributed by atoms with E-state index in [2.05, 4.69) is 5.32 Å². The van der Waals surface area contributed by atoms with E-state index in [0.29, 0.717) is 6.54 Å². The van der Waals surface area contributed by atoms with Crippen molar-refractivity contribution in [2.45, 2.75) is 18.9 Å². The van der Waals surface area contributed by atoms with Gasteiger partial charge in [-0.05, 0) is 42.8 Å². The zero-order chi connectivity index (χ0) is 18.3. The number of nitrogens with zero attached hydrogens (tertiary/aromatic N) is 2. The van der Waals surface area contributed by atoms with E-state index in [1.807, 2.05) is 47.2 Å². The third-order valence-electron chi connectivity index (χ3n) is 4.88. The van der Waals surface area contributed by atoms with E-state index in [1.54, 1.807) is 25.3 Å². The van der Waals surface area contributed by atoms with Crippen molar-refractivity contribution in [3.63, 3.8) is 0 Å². The molecule has 6 nitrogen and oxygen atoms in total. The highest BCUT2D eigenvalue weighted by atomic mass is 16.3. The van der Waals surface area contributed by atoms with Gasteiger partial charge in [-0.1, -0.05) is 0 Å². The van der Waals surface area contributed by atoms with Gasteiger partial charge in [0.25, 0.3) is 0 Å². The number of carbonyl (C=O) groups excluding carboxylic acids is 2. The summed E-state index contributed by atoms with van der Waals surface area (Å²) in [4.78, 5) is 25.9. The lowest BCUT2D eigenvalue weighted by atomic mass is 10.2. The van der Waals surface area contributed by atoms with Crippen LogP contribution in [-0.2, 0) is 16.1 Å². The molecular weight excluding hydrogens is 330 g/mol. The molecule has 0 saturated heterocycles. The molecule has 1 fully saturated rings. The minimum Gasteiger partial charge on any atom is -0.469 e. The van der Waals surface area contributed by atoms with Crippen LogP contribution in [0.5, 0.6) is 0 Å². The number of rotatable bonds is 5. The van der Waals surface area contributed by atoms with Crippen LogP contribution in [0.3, 0.4) is 0 Å². The quantitative estimate of drug-likeness (QED) is 0.768. The minimum absolute atomic E-state index is 0.0213. The molecule has 6 heteroatoms. The lowest BCUT2D eigenvalue weighted by Crippen LogP contribution is -2.25. The molecule has 2 atom stereocenters. The Hall–Kier alpha value is -3.02. The molecule has 0 radical (unpaired) electrons. The van der Waals surface area contributed by atoms with Gasteiger partial charge in [-0.25, -0.2) is 0 Å². The molecular formula is C20H21N3O3. The van der Waals surface area contributed by atoms with Gasteiger partial charge >= 0.3 is 0 Å². The average Bonchev–Trinajstić information content (AvgIpc) is 3.05. The fraction of sp³-hybridized carbons (Fsp3) is 0.300. The lowest BCUT2D eigenvalue weighted by Gasteiger charge is -2.12. The molecule has 134 valence electrons. The molecule has 0 spiro atoms. The molecule has 2 amide bonds. The highest BCUT2D eigenvalue weighted by molar-refractivity contribution is 5.97. The van der Waals surface area contributed by atoms with E-state index in [9.17, 15) is 9.59 Å². The summed E-state index contributed by atoms with van der Waals surface area (Å²) in [7, 11) is 3.49. The van der Waals surface area contributed by atoms with Crippen LogP contribution in [0.25, 0.3) is 10.9 Å². The van der Waals surface area contributed by atoms with Gasteiger partial charge in [-0.2, -0.15) is 0 Å². The standard InChI is InChI=1S/C20H21N3O3/c1-22(2)19(24)12-23-8-7-13-10-14(5-6-17(13)23)21-20(25)16-11-15(16)18-4-3-9-26-18/h3-10,15-16H,11-12H2,1-2H3,(H,21,25)/t15-,16-/m1/s1. The van der Waals surface area contributed by atoms with Gasteiger partial charge in [0.05, 0.1) is 6.26 Å². The van der Waals surface area contributed by atoms with Crippen molar-refractivity contribution in [3.8, 4) is 0 Å². The molecule has 2 heterocycles. The Morgan fingerprint density at radius 3 is 2.85 bits per heavy atom. The summed E-state index contributed by atoms with van der Waals surface area (Å²) in [5, 5.41) is 3.98. The van der Waals surface area contributed by atoms with Gasteiger partial charge in [0, 0.05) is 48.7 Å². The number of fused-ring (bicyclic) bond motifs is 1. The van der Waals surface area contributed by atoms with E-state index < -0.39 is 0 Å². The molecule has 0 unspecified atom stereocenters. The number of hydrogen-bond donors (Lipinski definition) is 1. The molecule has 1 aromatic carbocycles. The largest absolute Gasteiger partial charge is 0.469 e. The van der Waals surface area contributed by atoms with Crippen LogP contribution in [0, 0.1) is 5.92 Å². The van der Waals surface area contributed by atoms with Crippen LogP contribution in [0.15, 0.2) is 53.3 Å². The first-order valence-corrected chi connectivity index (χ1v) is 8.66. The molecule has 4 rings (SSSR count). The Morgan fingerprint density at radius 2 is 2.12 bits per heavy atom. The summed E-state index contributed by atoms with van der Waals surface area (Å²) in [6.07, 6.45) is 4.36. The summed E-state index contributed by atoms with van der Waals surface area (Å²) < 4.78 is 7.30. The van der Waals surface area contributed by atoms with E-state index >= 15 is 0 Å². The first-order valence-electron chi connectivity index (χ1n) is 8.66. The van der Waals surface area contributed by atoms with Crippen molar-refractivity contribution in [2.75, 3.05) is 19.4 Å². The third-order valence-corrected chi connectivity index (χ3v) is 4.88. The number of likely N-dealkylation sites (N-methyl/N-ethyl adjacent to an activating group) is 1. The highest BCUT2D eigenvalue weighted by Crippen LogP contribution is 2.48. The first kappa shape index (κ1) is 16.4. The monoisotopic (exact) mass is 351 g/mol.